The molecule has 3 heterocycles. The number of rotatable bonds is 4. The third kappa shape index (κ3) is 4.82. The number of halogens is 1. The minimum absolute atomic E-state index is 0.0379. The lowest BCUT2D eigenvalue weighted by Crippen LogP contribution is -2.33. The van der Waals surface area contributed by atoms with Gasteiger partial charge in [0.1, 0.15) is 23.4 Å². The second kappa shape index (κ2) is 9.01. The number of benzene rings is 1. The Balaban J connectivity index is 1.40. The molecule has 0 aliphatic carbocycles. The number of carbonyl (C=O) groups is 1. The summed E-state index contributed by atoms with van der Waals surface area (Å²) in [5.74, 6) is 1.51. The van der Waals surface area contributed by atoms with Crippen molar-refractivity contribution in [3.8, 4) is 5.75 Å². The topological polar surface area (TPSA) is 48.9 Å². The molecule has 0 bridgehead atoms. The van der Waals surface area contributed by atoms with Gasteiger partial charge < -0.3 is 19.4 Å². The zero-order valence-corrected chi connectivity index (χ0v) is 17.5. The number of amides is 1. The van der Waals surface area contributed by atoms with Crippen LogP contribution in [-0.2, 0) is 0 Å². The number of ether oxygens (including phenoxy) is 1. The predicted molar refractivity (Wildman–Crippen MR) is 115 cm³/mol. The smallest absolute Gasteiger partial charge is 0.272 e. The molecule has 6 nitrogen and oxygen atoms in total. The minimum Gasteiger partial charge on any atom is -0.487 e. The number of nitrogens with zero attached hydrogens (tertiary/aromatic N) is 4. The van der Waals surface area contributed by atoms with Gasteiger partial charge in [0.05, 0.1) is 11.6 Å². The number of pyridine rings is 1. The first-order chi connectivity index (χ1) is 14.1. The van der Waals surface area contributed by atoms with Crippen molar-refractivity contribution in [2.24, 2.45) is 0 Å². The summed E-state index contributed by atoms with van der Waals surface area (Å²) in [6.45, 7) is 5.20. The first kappa shape index (κ1) is 20.0. The van der Waals surface area contributed by atoms with Gasteiger partial charge in [0.2, 0.25) is 0 Å². The molecule has 7 heteroatoms. The van der Waals surface area contributed by atoms with Gasteiger partial charge in [0, 0.05) is 32.6 Å². The van der Waals surface area contributed by atoms with Crippen LogP contribution >= 0.6 is 11.6 Å². The molecule has 1 aromatic heterocycles. The maximum atomic E-state index is 13.0. The van der Waals surface area contributed by atoms with Crippen LogP contribution in [0.25, 0.3) is 0 Å². The van der Waals surface area contributed by atoms with Crippen molar-refractivity contribution in [1.82, 2.24) is 14.8 Å². The average Bonchev–Trinajstić information content (AvgIpc) is 3.09. The summed E-state index contributed by atoms with van der Waals surface area (Å²) in [7, 11) is 2.14. The summed E-state index contributed by atoms with van der Waals surface area (Å²) in [6, 6.07) is 13.2. The Morgan fingerprint density at radius 1 is 1.07 bits per heavy atom. The van der Waals surface area contributed by atoms with Gasteiger partial charge in [-0.05, 0) is 44.3 Å². The molecule has 29 heavy (non-hydrogen) atoms. The lowest BCUT2D eigenvalue weighted by molar-refractivity contribution is 0.0767. The van der Waals surface area contributed by atoms with Crippen LogP contribution in [0, 0.1) is 0 Å². The van der Waals surface area contributed by atoms with Crippen LogP contribution in [-0.4, -0.2) is 73.1 Å². The molecular formula is C22H27ClN4O2. The first-order valence-electron chi connectivity index (χ1n) is 10.2. The average molecular weight is 415 g/mol. The number of aromatic nitrogens is 1. The van der Waals surface area contributed by atoms with Crippen molar-refractivity contribution >= 4 is 23.3 Å². The Bertz CT molecular complexity index is 862. The highest BCUT2D eigenvalue weighted by atomic mass is 35.5. The highest BCUT2D eigenvalue weighted by Gasteiger charge is 2.29. The number of carbonyl (C=O) groups excluding carboxylic acids is 1. The van der Waals surface area contributed by atoms with Crippen molar-refractivity contribution in [2.75, 3.05) is 51.2 Å². The summed E-state index contributed by atoms with van der Waals surface area (Å²) < 4.78 is 6.01. The van der Waals surface area contributed by atoms with E-state index in [1.54, 1.807) is 6.07 Å². The van der Waals surface area contributed by atoms with Gasteiger partial charge in [-0.1, -0.05) is 29.8 Å². The van der Waals surface area contributed by atoms with Gasteiger partial charge in [-0.25, -0.2) is 4.98 Å². The van der Waals surface area contributed by atoms with Crippen LogP contribution in [0.15, 0.2) is 42.5 Å². The van der Waals surface area contributed by atoms with Crippen molar-refractivity contribution in [2.45, 2.75) is 18.9 Å². The van der Waals surface area contributed by atoms with Crippen molar-refractivity contribution in [3.05, 3.63) is 53.2 Å². The number of likely N-dealkylation sites (tertiary alicyclic amines) is 1. The monoisotopic (exact) mass is 414 g/mol. The first-order valence-corrected chi connectivity index (χ1v) is 10.6. The molecule has 0 saturated carbocycles. The fourth-order valence-corrected chi connectivity index (χ4v) is 4.07. The zero-order chi connectivity index (χ0) is 20.2. The van der Waals surface area contributed by atoms with Crippen LogP contribution in [0.2, 0.25) is 5.02 Å². The molecule has 0 radical (unpaired) electrons. The molecule has 1 aromatic carbocycles. The fourth-order valence-electron chi connectivity index (χ4n) is 3.88. The molecule has 0 spiro atoms. The lowest BCUT2D eigenvalue weighted by atomic mass is 10.3. The quantitative estimate of drug-likeness (QED) is 0.769. The number of hydrogen-bond acceptors (Lipinski definition) is 5. The molecule has 1 atom stereocenters. The molecule has 2 aliphatic rings. The number of anilines is 1. The molecule has 2 fully saturated rings. The van der Waals surface area contributed by atoms with Crippen LogP contribution in [0.4, 0.5) is 5.82 Å². The summed E-state index contributed by atoms with van der Waals surface area (Å²) in [5.41, 5.74) is 0.499. The van der Waals surface area contributed by atoms with Crippen LogP contribution in [0.1, 0.15) is 23.3 Å². The lowest BCUT2D eigenvalue weighted by Gasteiger charge is -2.23. The van der Waals surface area contributed by atoms with E-state index in [1.165, 1.54) is 0 Å². The number of likely N-dealkylation sites (N-methyl/N-ethyl adjacent to an activating group) is 1. The Morgan fingerprint density at radius 2 is 1.93 bits per heavy atom. The standard InChI is InChI=1S/C22H27ClN4O2/c1-25-11-5-12-26(15-14-25)21-9-4-7-19(24-21)22(28)27-13-10-17(16-27)29-20-8-3-2-6-18(20)23/h2-4,6-9,17H,5,10-16H2,1H3/t17-/m0/s1. The largest absolute Gasteiger partial charge is 0.487 e. The molecule has 2 saturated heterocycles. The Labute approximate surface area is 177 Å². The predicted octanol–water partition coefficient (Wildman–Crippen LogP) is 3.17. The summed E-state index contributed by atoms with van der Waals surface area (Å²) in [5, 5.41) is 0.592. The molecule has 2 aromatic rings. The van der Waals surface area contributed by atoms with E-state index in [-0.39, 0.29) is 12.0 Å². The summed E-state index contributed by atoms with van der Waals surface area (Å²) >= 11 is 6.19. The third-order valence-electron chi connectivity index (χ3n) is 5.56. The van der Waals surface area contributed by atoms with Gasteiger partial charge >= 0.3 is 0 Å². The van der Waals surface area contributed by atoms with Crippen LogP contribution in [0.3, 0.4) is 0 Å². The third-order valence-corrected chi connectivity index (χ3v) is 5.87. The minimum atomic E-state index is -0.0526. The van der Waals surface area contributed by atoms with Crippen molar-refractivity contribution in [1.29, 1.82) is 0 Å². The van der Waals surface area contributed by atoms with E-state index in [0.717, 1.165) is 44.8 Å². The van der Waals surface area contributed by atoms with Gasteiger partial charge in [-0.2, -0.15) is 0 Å². The van der Waals surface area contributed by atoms with E-state index in [4.69, 9.17) is 16.3 Å². The van der Waals surface area contributed by atoms with Crippen molar-refractivity contribution in [3.63, 3.8) is 0 Å². The number of para-hydroxylation sites is 1. The molecule has 0 N–H and O–H groups in total. The number of hydrogen-bond donors (Lipinski definition) is 0. The Morgan fingerprint density at radius 3 is 2.79 bits per heavy atom. The molecule has 4 rings (SSSR count). The highest BCUT2D eigenvalue weighted by molar-refractivity contribution is 6.32. The van der Waals surface area contributed by atoms with Crippen LogP contribution in [0.5, 0.6) is 5.75 Å². The summed E-state index contributed by atoms with van der Waals surface area (Å²) in [4.78, 5) is 24.1. The Hall–Kier alpha value is -2.31. The maximum absolute atomic E-state index is 13.0. The van der Waals surface area contributed by atoms with Crippen LogP contribution < -0.4 is 9.64 Å². The highest BCUT2D eigenvalue weighted by Crippen LogP contribution is 2.27. The van der Waals surface area contributed by atoms with Gasteiger partial charge in [0.15, 0.2) is 0 Å². The molecule has 154 valence electrons. The van der Waals surface area contributed by atoms with Gasteiger partial charge in [-0.3, -0.25) is 4.79 Å². The van der Waals surface area contributed by atoms with Crippen molar-refractivity contribution < 1.29 is 9.53 Å². The van der Waals surface area contributed by atoms with E-state index in [9.17, 15) is 4.79 Å². The van der Waals surface area contributed by atoms with E-state index in [0.29, 0.717) is 29.6 Å². The molecule has 0 unspecified atom stereocenters. The van der Waals surface area contributed by atoms with E-state index >= 15 is 0 Å². The SMILES string of the molecule is CN1CCCN(c2cccc(C(=O)N3CC[C@H](Oc4ccccc4Cl)C3)n2)CC1. The fraction of sp³-hybridized carbons (Fsp3) is 0.455. The van der Waals surface area contributed by atoms with E-state index < -0.39 is 0 Å². The molecule has 1 amide bonds. The van der Waals surface area contributed by atoms with Gasteiger partial charge in [-0.15, -0.1) is 0 Å². The molecule has 2 aliphatic heterocycles. The maximum Gasteiger partial charge on any atom is 0.272 e. The second-order valence-corrected chi connectivity index (χ2v) is 8.14. The normalized spacial score (nSPS) is 20.6. The zero-order valence-electron chi connectivity index (χ0n) is 16.8. The Kier molecular flexibility index (Phi) is 6.21. The van der Waals surface area contributed by atoms with E-state index in [1.807, 2.05) is 41.3 Å². The summed E-state index contributed by atoms with van der Waals surface area (Å²) in [6.07, 6.45) is 1.83. The molecular weight excluding hydrogens is 388 g/mol. The van der Waals surface area contributed by atoms with Gasteiger partial charge in [0.25, 0.3) is 5.91 Å². The second-order valence-electron chi connectivity index (χ2n) is 7.74. The van der Waals surface area contributed by atoms with E-state index in [2.05, 4.69) is 21.8 Å².